The van der Waals surface area contributed by atoms with Gasteiger partial charge < -0.3 is 4.90 Å². The molecule has 0 bridgehead atoms. The number of allylic oxidation sites excluding steroid dienone is 1. The van der Waals surface area contributed by atoms with Gasteiger partial charge in [0.25, 0.3) is 0 Å². The van der Waals surface area contributed by atoms with Crippen molar-refractivity contribution in [2.24, 2.45) is 0 Å². The maximum absolute atomic E-state index is 4.40. The summed E-state index contributed by atoms with van der Waals surface area (Å²) in [6.45, 7) is 11.3. The number of benzene rings is 1. The van der Waals surface area contributed by atoms with Crippen molar-refractivity contribution in [3.05, 3.63) is 71.7 Å². The molecule has 2 nitrogen and oxygen atoms in total. The Balaban J connectivity index is 2.34. The summed E-state index contributed by atoms with van der Waals surface area (Å²) in [5.74, 6) is 0. The summed E-state index contributed by atoms with van der Waals surface area (Å²) in [4.78, 5) is 6.65. The first kappa shape index (κ1) is 15.3. The largest absolute Gasteiger partial charge is 0.340 e. The first-order valence-corrected chi connectivity index (χ1v) is 7.55. The molecule has 0 spiro atoms. The van der Waals surface area contributed by atoms with Crippen LogP contribution in [-0.4, -0.2) is 4.98 Å². The summed E-state index contributed by atoms with van der Waals surface area (Å²) < 4.78 is 0. The van der Waals surface area contributed by atoms with Crippen molar-refractivity contribution in [1.29, 1.82) is 0 Å². The smallest absolute Gasteiger partial charge is 0.0627 e. The van der Waals surface area contributed by atoms with E-state index < -0.39 is 0 Å². The number of aryl methyl sites for hydroxylation is 2. The second-order valence-electron chi connectivity index (χ2n) is 5.45. The van der Waals surface area contributed by atoms with Crippen molar-refractivity contribution in [3.63, 3.8) is 0 Å². The third kappa shape index (κ3) is 3.72. The summed E-state index contributed by atoms with van der Waals surface area (Å²) in [6.07, 6.45) is 4.11. The highest BCUT2D eigenvalue weighted by molar-refractivity contribution is 5.55. The van der Waals surface area contributed by atoms with Crippen LogP contribution in [0.2, 0.25) is 0 Å². The van der Waals surface area contributed by atoms with Gasteiger partial charge in [0.2, 0.25) is 0 Å². The average Bonchev–Trinajstić information content (AvgIpc) is 2.47. The number of anilines is 1. The fourth-order valence-electron chi connectivity index (χ4n) is 2.58. The lowest BCUT2D eigenvalue weighted by molar-refractivity contribution is 0.856. The zero-order valence-electron chi connectivity index (χ0n) is 13.3. The molecule has 1 aromatic carbocycles. The molecule has 1 aromatic heterocycles. The SMILES string of the molecule is C=C(C)N(Cc1ccccc1CCC)c1cccnc1C. The third-order valence-electron chi connectivity index (χ3n) is 3.70. The van der Waals surface area contributed by atoms with Crippen LogP contribution in [0.3, 0.4) is 0 Å². The maximum atomic E-state index is 4.40. The summed E-state index contributed by atoms with van der Waals surface area (Å²) >= 11 is 0. The topological polar surface area (TPSA) is 16.1 Å². The Morgan fingerprint density at radius 1 is 1.14 bits per heavy atom. The highest BCUT2D eigenvalue weighted by Gasteiger charge is 2.13. The van der Waals surface area contributed by atoms with Crippen molar-refractivity contribution in [3.8, 4) is 0 Å². The van der Waals surface area contributed by atoms with Crippen LogP contribution >= 0.6 is 0 Å². The number of pyridine rings is 1. The van der Waals surface area contributed by atoms with Crippen LogP contribution in [0.5, 0.6) is 0 Å². The quantitative estimate of drug-likeness (QED) is 0.749. The van der Waals surface area contributed by atoms with E-state index in [9.17, 15) is 0 Å². The molecule has 0 fully saturated rings. The Kier molecular flexibility index (Phi) is 5.15. The lowest BCUT2D eigenvalue weighted by atomic mass is 10.0. The average molecular weight is 280 g/mol. The van der Waals surface area contributed by atoms with E-state index in [1.807, 2.05) is 19.2 Å². The summed E-state index contributed by atoms with van der Waals surface area (Å²) in [5.41, 5.74) is 6.00. The Morgan fingerprint density at radius 2 is 1.86 bits per heavy atom. The molecule has 0 unspecified atom stereocenters. The van der Waals surface area contributed by atoms with Crippen LogP contribution in [0, 0.1) is 6.92 Å². The zero-order chi connectivity index (χ0) is 15.2. The maximum Gasteiger partial charge on any atom is 0.0627 e. The molecule has 0 amide bonds. The van der Waals surface area contributed by atoms with E-state index in [-0.39, 0.29) is 0 Å². The van der Waals surface area contributed by atoms with Gasteiger partial charge in [-0.15, -0.1) is 0 Å². The molecule has 21 heavy (non-hydrogen) atoms. The minimum absolute atomic E-state index is 0.845. The Labute approximate surface area is 128 Å². The molecule has 2 heteroatoms. The van der Waals surface area contributed by atoms with Crippen LogP contribution < -0.4 is 4.90 Å². The molecule has 0 saturated carbocycles. The summed E-state index contributed by atoms with van der Waals surface area (Å²) in [6, 6.07) is 12.8. The lowest BCUT2D eigenvalue weighted by Gasteiger charge is -2.27. The standard InChI is InChI=1S/C19H24N2/c1-5-9-17-10-6-7-11-18(17)14-21(15(2)3)19-12-8-13-20-16(19)4/h6-8,10-13H,2,5,9,14H2,1,3-4H3. The third-order valence-corrected chi connectivity index (χ3v) is 3.70. The van der Waals surface area contributed by atoms with Gasteiger partial charge in [-0.2, -0.15) is 0 Å². The van der Waals surface area contributed by atoms with Crippen molar-refractivity contribution in [2.45, 2.75) is 40.2 Å². The molecule has 0 aliphatic rings. The van der Waals surface area contributed by atoms with E-state index in [2.05, 4.69) is 60.6 Å². The fraction of sp³-hybridized carbons (Fsp3) is 0.316. The molecule has 0 saturated heterocycles. The van der Waals surface area contributed by atoms with Gasteiger partial charge in [0, 0.05) is 18.4 Å². The van der Waals surface area contributed by atoms with E-state index in [0.29, 0.717) is 0 Å². The van der Waals surface area contributed by atoms with Crippen molar-refractivity contribution in [2.75, 3.05) is 4.90 Å². The number of aromatic nitrogens is 1. The van der Waals surface area contributed by atoms with E-state index in [0.717, 1.165) is 36.5 Å². The Hall–Kier alpha value is -2.09. The highest BCUT2D eigenvalue weighted by atomic mass is 15.1. The van der Waals surface area contributed by atoms with Gasteiger partial charge in [-0.05, 0) is 43.5 Å². The molecule has 0 aliphatic carbocycles. The molecule has 0 N–H and O–H groups in total. The normalized spacial score (nSPS) is 10.4. The Bertz CT molecular complexity index is 616. The van der Waals surface area contributed by atoms with E-state index in [1.54, 1.807) is 0 Å². The van der Waals surface area contributed by atoms with Gasteiger partial charge >= 0.3 is 0 Å². The van der Waals surface area contributed by atoms with E-state index >= 15 is 0 Å². The zero-order valence-corrected chi connectivity index (χ0v) is 13.3. The molecule has 0 aliphatic heterocycles. The number of nitrogens with zero attached hydrogens (tertiary/aromatic N) is 2. The summed E-state index contributed by atoms with van der Waals surface area (Å²) in [5, 5.41) is 0. The van der Waals surface area contributed by atoms with Crippen LogP contribution in [0.1, 0.15) is 37.1 Å². The molecule has 110 valence electrons. The van der Waals surface area contributed by atoms with Gasteiger partial charge in [-0.25, -0.2) is 0 Å². The molecule has 0 atom stereocenters. The second-order valence-corrected chi connectivity index (χ2v) is 5.45. The predicted octanol–water partition coefficient (Wildman–Crippen LogP) is 4.88. The van der Waals surface area contributed by atoms with Gasteiger partial charge in [0.1, 0.15) is 0 Å². The van der Waals surface area contributed by atoms with Crippen LogP contribution in [0.15, 0.2) is 54.9 Å². The minimum atomic E-state index is 0.845. The monoisotopic (exact) mass is 280 g/mol. The van der Waals surface area contributed by atoms with E-state index in [1.165, 1.54) is 11.1 Å². The van der Waals surface area contributed by atoms with Gasteiger partial charge in [0.15, 0.2) is 0 Å². The van der Waals surface area contributed by atoms with Crippen molar-refractivity contribution < 1.29 is 0 Å². The van der Waals surface area contributed by atoms with Crippen molar-refractivity contribution >= 4 is 5.69 Å². The minimum Gasteiger partial charge on any atom is -0.340 e. The van der Waals surface area contributed by atoms with E-state index in [4.69, 9.17) is 0 Å². The molecule has 2 aromatic rings. The fourth-order valence-corrected chi connectivity index (χ4v) is 2.58. The first-order chi connectivity index (χ1) is 10.1. The molecular formula is C19H24N2. The molecular weight excluding hydrogens is 256 g/mol. The predicted molar refractivity (Wildman–Crippen MR) is 90.4 cm³/mol. The van der Waals surface area contributed by atoms with Crippen LogP contribution in [-0.2, 0) is 13.0 Å². The van der Waals surface area contributed by atoms with Crippen molar-refractivity contribution in [1.82, 2.24) is 4.98 Å². The van der Waals surface area contributed by atoms with Crippen LogP contribution in [0.25, 0.3) is 0 Å². The number of hydrogen-bond acceptors (Lipinski definition) is 2. The molecule has 2 rings (SSSR count). The van der Waals surface area contributed by atoms with Crippen LogP contribution in [0.4, 0.5) is 5.69 Å². The lowest BCUT2D eigenvalue weighted by Crippen LogP contribution is -2.21. The number of rotatable bonds is 6. The highest BCUT2D eigenvalue weighted by Crippen LogP contribution is 2.25. The Morgan fingerprint density at radius 3 is 2.48 bits per heavy atom. The molecule has 1 heterocycles. The van der Waals surface area contributed by atoms with Gasteiger partial charge in [-0.1, -0.05) is 44.2 Å². The first-order valence-electron chi connectivity index (χ1n) is 7.55. The molecule has 0 radical (unpaired) electrons. The van der Waals surface area contributed by atoms with Gasteiger partial charge in [0.05, 0.1) is 11.4 Å². The second kappa shape index (κ2) is 7.07. The van der Waals surface area contributed by atoms with Gasteiger partial charge in [-0.3, -0.25) is 4.98 Å². The summed E-state index contributed by atoms with van der Waals surface area (Å²) in [7, 11) is 0. The number of hydrogen-bond donors (Lipinski definition) is 0.